The monoisotopic (exact) mass is 346 g/mol. The maximum atomic E-state index is 5.47. The second-order valence-electron chi connectivity index (χ2n) is 7.39. The number of thiocarbonyl (C=S) groups is 1. The molecule has 1 aliphatic carbocycles. The smallest absolute Gasteiger partial charge is 0.171 e. The van der Waals surface area contributed by atoms with Crippen LogP contribution in [-0.4, -0.2) is 29.2 Å². The van der Waals surface area contributed by atoms with E-state index in [9.17, 15) is 0 Å². The summed E-state index contributed by atoms with van der Waals surface area (Å²) in [7, 11) is 0. The van der Waals surface area contributed by atoms with Crippen molar-refractivity contribution in [3.8, 4) is 0 Å². The zero-order valence-electron chi connectivity index (χ0n) is 14.8. The molecule has 1 atom stereocenters. The van der Waals surface area contributed by atoms with Crippen molar-refractivity contribution in [3.05, 3.63) is 18.3 Å². The normalized spacial score (nSPS) is 22.7. The van der Waals surface area contributed by atoms with Gasteiger partial charge in [0.25, 0.3) is 0 Å². The number of rotatable bonds is 3. The summed E-state index contributed by atoms with van der Waals surface area (Å²) >= 11 is 5.47. The van der Waals surface area contributed by atoms with Gasteiger partial charge in [0.1, 0.15) is 5.82 Å². The van der Waals surface area contributed by atoms with Gasteiger partial charge in [0.05, 0.1) is 11.9 Å². The van der Waals surface area contributed by atoms with Gasteiger partial charge in [-0.25, -0.2) is 4.98 Å². The van der Waals surface area contributed by atoms with Crippen molar-refractivity contribution in [2.45, 2.75) is 64.3 Å². The minimum Gasteiger partial charge on any atom is -0.360 e. The zero-order chi connectivity index (χ0) is 16.8. The predicted octanol–water partition coefficient (Wildman–Crippen LogP) is 4.33. The lowest BCUT2D eigenvalue weighted by atomic mass is 10.0. The molecular formula is C19H30N4S. The number of nitrogens with zero attached hydrogens (tertiary/aromatic N) is 2. The van der Waals surface area contributed by atoms with E-state index in [0.29, 0.717) is 6.04 Å². The molecule has 1 aliphatic heterocycles. The van der Waals surface area contributed by atoms with Crippen molar-refractivity contribution in [2.24, 2.45) is 5.92 Å². The van der Waals surface area contributed by atoms with Crippen molar-refractivity contribution in [1.29, 1.82) is 0 Å². The Bertz CT molecular complexity index is 523. The van der Waals surface area contributed by atoms with Gasteiger partial charge in [-0.15, -0.1) is 0 Å². The van der Waals surface area contributed by atoms with Crippen LogP contribution in [-0.2, 0) is 0 Å². The molecule has 0 amide bonds. The van der Waals surface area contributed by atoms with Crippen LogP contribution in [0.2, 0.25) is 0 Å². The Morgan fingerprint density at radius 3 is 2.58 bits per heavy atom. The molecule has 132 valence electrons. The molecule has 2 N–H and O–H groups in total. The van der Waals surface area contributed by atoms with Crippen LogP contribution >= 0.6 is 12.2 Å². The molecular weight excluding hydrogens is 316 g/mol. The summed E-state index contributed by atoms with van der Waals surface area (Å²) in [5.74, 6) is 1.84. The quantitative estimate of drug-likeness (QED) is 0.630. The van der Waals surface area contributed by atoms with Crippen molar-refractivity contribution < 1.29 is 0 Å². The van der Waals surface area contributed by atoms with Gasteiger partial charge in [0, 0.05) is 19.1 Å². The second kappa shape index (κ2) is 8.65. The maximum absolute atomic E-state index is 5.47. The molecule has 1 aromatic rings. The number of pyridine rings is 1. The van der Waals surface area contributed by atoms with E-state index in [-0.39, 0.29) is 0 Å². The van der Waals surface area contributed by atoms with Crippen LogP contribution in [0.4, 0.5) is 11.5 Å². The van der Waals surface area contributed by atoms with Crippen molar-refractivity contribution in [1.82, 2.24) is 10.3 Å². The third kappa shape index (κ3) is 5.07. The fourth-order valence-corrected chi connectivity index (χ4v) is 4.11. The van der Waals surface area contributed by atoms with Crippen molar-refractivity contribution >= 4 is 28.8 Å². The van der Waals surface area contributed by atoms with E-state index >= 15 is 0 Å². The van der Waals surface area contributed by atoms with Gasteiger partial charge in [-0.1, -0.05) is 32.6 Å². The Morgan fingerprint density at radius 1 is 1.12 bits per heavy atom. The molecule has 1 unspecified atom stereocenters. The van der Waals surface area contributed by atoms with E-state index in [2.05, 4.69) is 39.6 Å². The first kappa shape index (κ1) is 17.5. The predicted molar refractivity (Wildman–Crippen MR) is 106 cm³/mol. The summed E-state index contributed by atoms with van der Waals surface area (Å²) < 4.78 is 0. The summed E-state index contributed by atoms with van der Waals surface area (Å²) in [6.45, 7) is 4.55. The molecule has 2 aliphatic rings. The minimum atomic E-state index is 0.523. The SMILES string of the molecule is CC1CCCN(c2ccc(NC(=S)NC3CCCCCC3)cn2)C1. The second-order valence-corrected chi connectivity index (χ2v) is 7.79. The number of nitrogens with one attached hydrogen (secondary N) is 2. The van der Waals surface area contributed by atoms with Gasteiger partial charge < -0.3 is 15.5 Å². The number of anilines is 2. The van der Waals surface area contributed by atoms with E-state index in [4.69, 9.17) is 12.2 Å². The van der Waals surface area contributed by atoms with Crippen LogP contribution in [0, 0.1) is 5.92 Å². The molecule has 1 saturated heterocycles. The maximum Gasteiger partial charge on any atom is 0.171 e. The van der Waals surface area contributed by atoms with Gasteiger partial charge in [0.2, 0.25) is 0 Å². The number of aromatic nitrogens is 1. The Hall–Kier alpha value is -1.36. The fraction of sp³-hybridized carbons (Fsp3) is 0.684. The summed E-state index contributed by atoms with van der Waals surface area (Å²) in [6.07, 6.45) is 12.3. The highest BCUT2D eigenvalue weighted by Crippen LogP contribution is 2.22. The molecule has 5 heteroatoms. The Morgan fingerprint density at radius 2 is 1.92 bits per heavy atom. The number of hydrogen-bond acceptors (Lipinski definition) is 3. The molecule has 2 fully saturated rings. The lowest BCUT2D eigenvalue weighted by Crippen LogP contribution is -2.37. The van der Waals surface area contributed by atoms with Crippen LogP contribution in [0.3, 0.4) is 0 Å². The highest BCUT2D eigenvalue weighted by atomic mass is 32.1. The first-order valence-electron chi connectivity index (χ1n) is 9.49. The van der Waals surface area contributed by atoms with E-state index < -0.39 is 0 Å². The Labute approximate surface area is 151 Å². The molecule has 24 heavy (non-hydrogen) atoms. The van der Waals surface area contributed by atoms with Gasteiger partial charge in [-0.05, 0) is 56.0 Å². The standard InChI is InChI=1S/C19H30N4S/c1-15-7-6-12-23(14-15)18-11-10-17(13-20-18)22-19(24)21-16-8-4-2-3-5-9-16/h10-11,13,15-16H,2-9,12,14H2,1H3,(H2,21,22,24). The largest absolute Gasteiger partial charge is 0.360 e. The average molecular weight is 347 g/mol. The molecule has 0 radical (unpaired) electrons. The van der Waals surface area contributed by atoms with Crippen molar-refractivity contribution in [3.63, 3.8) is 0 Å². The molecule has 4 nitrogen and oxygen atoms in total. The summed E-state index contributed by atoms with van der Waals surface area (Å²) in [6, 6.07) is 4.71. The molecule has 2 heterocycles. The van der Waals surface area contributed by atoms with Crippen LogP contribution in [0.25, 0.3) is 0 Å². The lowest BCUT2D eigenvalue weighted by molar-refractivity contribution is 0.444. The molecule has 1 aromatic heterocycles. The van der Waals surface area contributed by atoms with Gasteiger partial charge in [-0.2, -0.15) is 0 Å². The highest BCUT2D eigenvalue weighted by molar-refractivity contribution is 7.80. The Kier molecular flexibility index (Phi) is 6.30. The van der Waals surface area contributed by atoms with Gasteiger partial charge in [0.15, 0.2) is 5.11 Å². The summed E-state index contributed by atoms with van der Waals surface area (Å²) in [5.41, 5.74) is 0.968. The Balaban J connectivity index is 1.50. The minimum absolute atomic E-state index is 0.523. The average Bonchev–Trinajstić information content (AvgIpc) is 2.84. The van der Waals surface area contributed by atoms with Crippen LogP contribution < -0.4 is 15.5 Å². The van der Waals surface area contributed by atoms with Crippen LogP contribution in [0.15, 0.2) is 18.3 Å². The molecule has 0 spiro atoms. The summed E-state index contributed by atoms with van der Waals surface area (Å²) in [4.78, 5) is 7.02. The number of piperidine rings is 1. The van der Waals surface area contributed by atoms with E-state index in [0.717, 1.165) is 35.6 Å². The van der Waals surface area contributed by atoms with E-state index in [1.54, 1.807) is 0 Å². The van der Waals surface area contributed by atoms with Gasteiger partial charge in [-0.3, -0.25) is 0 Å². The molecule has 3 rings (SSSR count). The first-order chi connectivity index (χ1) is 11.7. The lowest BCUT2D eigenvalue weighted by Gasteiger charge is -2.31. The van der Waals surface area contributed by atoms with Crippen molar-refractivity contribution in [2.75, 3.05) is 23.3 Å². The van der Waals surface area contributed by atoms with E-state index in [1.165, 1.54) is 51.4 Å². The molecule has 0 aromatic carbocycles. The van der Waals surface area contributed by atoms with Crippen LogP contribution in [0.5, 0.6) is 0 Å². The molecule has 0 bridgehead atoms. The third-order valence-corrected chi connectivity index (χ3v) is 5.40. The van der Waals surface area contributed by atoms with Gasteiger partial charge >= 0.3 is 0 Å². The first-order valence-corrected chi connectivity index (χ1v) is 9.90. The fourth-order valence-electron chi connectivity index (χ4n) is 3.82. The zero-order valence-corrected chi connectivity index (χ0v) is 15.6. The summed E-state index contributed by atoms with van der Waals surface area (Å²) in [5, 5.41) is 7.49. The molecule has 1 saturated carbocycles. The van der Waals surface area contributed by atoms with E-state index in [1.807, 2.05) is 6.20 Å². The topological polar surface area (TPSA) is 40.2 Å². The third-order valence-electron chi connectivity index (χ3n) is 5.18. The highest BCUT2D eigenvalue weighted by Gasteiger charge is 2.17. The number of hydrogen-bond donors (Lipinski definition) is 2. The van der Waals surface area contributed by atoms with Crippen LogP contribution in [0.1, 0.15) is 58.3 Å².